The number of benzene rings is 2. The van der Waals surface area contributed by atoms with Gasteiger partial charge in [-0.15, -0.1) is 11.8 Å². The van der Waals surface area contributed by atoms with Gasteiger partial charge in [0.2, 0.25) is 0 Å². The lowest BCUT2D eigenvalue weighted by Gasteiger charge is -2.43. The second kappa shape index (κ2) is 18.6. The molecule has 0 saturated heterocycles. The second-order valence-corrected chi connectivity index (χ2v) is 13.6. The molecule has 1 heterocycles. The Hall–Kier alpha value is -1.73. The fraction of sp³-hybridized carbons (Fsp3) is 0.636. The zero-order valence-electron chi connectivity index (χ0n) is 26.3. The van der Waals surface area contributed by atoms with Crippen molar-refractivity contribution < 1.29 is 45.6 Å². The van der Waals surface area contributed by atoms with Crippen molar-refractivity contribution in [3.05, 3.63) is 53.6 Å². The highest BCUT2D eigenvalue weighted by atomic mass is 32.2. The highest BCUT2D eigenvalue weighted by Gasteiger charge is 2.56. The number of rotatable bonds is 21. The lowest BCUT2D eigenvalue weighted by Crippen LogP contribution is -2.36. The maximum atomic E-state index is 12.9. The largest absolute Gasteiger partial charge is 0.468 e. The van der Waals surface area contributed by atoms with Crippen molar-refractivity contribution in [3.8, 4) is 11.5 Å². The molecule has 12 heteroatoms. The topological polar surface area (TPSA) is 46.2 Å². The Morgan fingerprint density at radius 2 is 1.49 bits per heavy atom. The predicted molar refractivity (Wildman–Crippen MR) is 170 cm³/mol. The van der Waals surface area contributed by atoms with Crippen LogP contribution in [0, 0.1) is 0 Å². The van der Waals surface area contributed by atoms with Crippen LogP contribution in [-0.4, -0.2) is 70.4 Å². The van der Waals surface area contributed by atoms with Crippen molar-refractivity contribution >= 4 is 23.5 Å². The molecule has 254 valence electrons. The number of methoxy groups -OCH3 is 2. The molecule has 2 atom stereocenters. The number of fused-ring (bicyclic) bond motifs is 1. The van der Waals surface area contributed by atoms with Crippen LogP contribution >= 0.6 is 23.5 Å². The van der Waals surface area contributed by atoms with E-state index in [0.717, 1.165) is 49.4 Å². The highest BCUT2D eigenvalue weighted by molar-refractivity contribution is 7.99. The van der Waals surface area contributed by atoms with E-state index in [-0.39, 0.29) is 31.2 Å². The summed E-state index contributed by atoms with van der Waals surface area (Å²) < 4.78 is 89.6. The number of unbranched alkanes of at least 4 members (excludes halogenated alkanes) is 3. The molecule has 0 aliphatic carbocycles. The van der Waals surface area contributed by atoms with E-state index in [1.807, 2.05) is 30.0 Å². The molecular formula is C33H45F5O5S2. The van der Waals surface area contributed by atoms with Gasteiger partial charge in [0.15, 0.2) is 13.6 Å². The molecule has 0 fully saturated rings. The van der Waals surface area contributed by atoms with Crippen molar-refractivity contribution in [2.24, 2.45) is 0 Å². The van der Waals surface area contributed by atoms with Gasteiger partial charge in [0, 0.05) is 49.1 Å². The first-order valence-electron chi connectivity index (χ1n) is 15.2. The van der Waals surface area contributed by atoms with E-state index in [1.54, 1.807) is 14.2 Å². The summed E-state index contributed by atoms with van der Waals surface area (Å²) in [6.07, 6.45) is -1.71. The first kappa shape index (κ1) is 37.7. The van der Waals surface area contributed by atoms with Crippen LogP contribution in [0.4, 0.5) is 22.0 Å². The van der Waals surface area contributed by atoms with Crippen LogP contribution in [-0.2, 0) is 19.6 Å². The van der Waals surface area contributed by atoms with Crippen molar-refractivity contribution in [1.82, 2.24) is 0 Å². The van der Waals surface area contributed by atoms with E-state index in [0.29, 0.717) is 24.9 Å². The monoisotopic (exact) mass is 680 g/mol. The van der Waals surface area contributed by atoms with Crippen LogP contribution in [0.25, 0.3) is 0 Å². The third kappa shape index (κ3) is 11.5. The maximum Gasteiger partial charge on any atom is 0.453 e. The third-order valence-corrected chi connectivity index (χ3v) is 10.4. The minimum atomic E-state index is -5.48. The maximum absolute atomic E-state index is 12.9. The first-order chi connectivity index (χ1) is 21.5. The summed E-state index contributed by atoms with van der Waals surface area (Å²) in [5, 5.41) is 0. The van der Waals surface area contributed by atoms with Gasteiger partial charge in [0.25, 0.3) is 0 Å². The standard InChI is InChI=1S/C33H45F5O5S2/c1-31(25-10-12-26(13-11-25)42-23-39-2)22-45-30-21-27(43-24-40-3)14-15-28(30)29(31)9-6-4-5-7-17-41-18-20-44-19-8-16-32(34,35)33(36,37)38/h10-15,21,29H,4-9,16-20,22-24H2,1-3H3. The average molecular weight is 681 g/mol. The lowest BCUT2D eigenvalue weighted by molar-refractivity contribution is -0.284. The van der Waals surface area contributed by atoms with Crippen LogP contribution < -0.4 is 9.47 Å². The normalized spacial score (nSPS) is 18.5. The van der Waals surface area contributed by atoms with Crippen LogP contribution in [0.1, 0.15) is 68.9 Å². The molecule has 1 aliphatic rings. The average Bonchev–Trinajstić information content (AvgIpc) is 3.01. The summed E-state index contributed by atoms with van der Waals surface area (Å²) in [6.45, 7) is 3.83. The van der Waals surface area contributed by atoms with E-state index in [2.05, 4.69) is 31.2 Å². The Bertz CT molecular complexity index is 1140. The Morgan fingerprint density at radius 3 is 2.18 bits per heavy atom. The van der Waals surface area contributed by atoms with E-state index in [9.17, 15) is 22.0 Å². The van der Waals surface area contributed by atoms with Gasteiger partial charge < -0.3 is 23.7 Å². The lowest BCUT2D eigenvalue weighted by atomic mass is 9.68. The molecule has 0 bridgehead atoms. The van der Waals surface area contributed by atoms with Crippen molar-refractivity contribution in [2.75, 3.05) is 58.3 Å². The Balaban J connectivity index is 1.45. The molecular weight excluding hydrogens is 635 g/mol. The number of thioether (sulfide) groups is 2. The fourth-order valence-electron chi connectivity index (χ4n) is 5.40. The molecule has 0 radical (unpaired) electrons. The van der Waals surface area contributed by atoms with E-state index in [4.69, 9.17) is 23.7 Å². The van der Waals surface area contributed by atoms with Gasteiger partial charge in [-0.2, -0.15) is 33.7 Å². The molecule has 0 saturated carbocycles. The minimum absolute atomic E-state index is 0.0736. The minimum Gasteiger partial charge on any atom is -0.468 e. The number of hydrogen-bond donors (Lipinski definition) is 0. The van der Waals surface area contributed by atoms with Gasteiger partial charge >= 0.3 is 12.1 Å². The number of halogens is 5. The van der Waals surface area contributed by atoms with E-state index < -0.39 is 18.5 Å². The summed E-state index contributed by atoms with van der Waals surface area (Å²) in [5.41, 5.74) is 2.53. The molecule has 3 rings (SSSR count). The first-order valence-corrected chi connectivity index (χ1v) is 17.4. The summed E-state index contributed by atoms with van der Waals surface area (Å²) in [5.74, 6) is -0.956. The van der Waals surface area contributed by atoms with Crippen molar-refractivity contribution in [2.45, 2.75) is 80.2 Å². The summed E-state index contributed by atoms with van der Waals surface area (Å²) in [7, 11) is 3.21. The van der Waals surface area contributed by atoms with Gasteiger partial charge in [-0.1, -0.05) is 44.4 Å². The quantitative estimate of drug-likeness (QED) is 0.0740. The second-order valence-electron chi connectivity index (χ2n) is 11.3. The Kier molecular flexibility index (Phi) is 15.6. The van der Waals surface area contributed by atoms with E-state index in [1.165, 1.54) is 27.8 Å². The van der Waals surface area contributed by atoms with Gasteiger partial charge in [-0.05, 0) is 66.3 Å². The number of ether oxygens (including phenoxy) is 5. The molecule has 0 spiro atoms. The van der Waals surface area contributed by atoms with Crippen LogP contribution in [0.15, 0.2) is 47.4 Å². The van der Waals surface area contributed by atoms with E-state index >= 15 is 0 Å². The summed E-state index contributed by atoms with van der Waals surface area (Å²) in [6, 6.07) is 14.7. The van der Waals surface area contributed by atoms with Gasteiger partial charge in [-0.3, -0.25) is 0 Å². The molecule has 1 aliphatic heterocycles. The smallest absolute Gasteiger partial charge is 0.453 e. The predicted octanol–water partition coefficient (Wildman–Crippen LogP) is 9.48. The molecule has 45 heavy (non-hydrogen) atoms. The molecule has 5 nitrogen and oxygen atoms in total. The Morgan fingerprint density at radius 1 is 0.822 bits per heavy atom. The zero-order chi connectivity index (χ0) is 32.8. The highest BCUT2D eigenvalue weighted by Crippen LogP contribution is 2.52. The summed E-state index contributed by atoms with van der Waals surface area (Å²) in [4.78, 5) is 1.24. The van der Waals surface area contributed by atoms with Gasteiger partial charge in [0.05, 0.1) is 6.61 Å². The zero-order valence-corrected chi connectivity index (χ0v) is 27.9. The molecule has 0 N–H and O–H groups in total. The van der Waals surface area contributed by atoms with Crippen LogP contribution in [0.5, 0.6) is 11.5 Å². The van der Waals surface area contributed by atoms with Crippen LogP contribution in [0.3, 0.4) is 0 Å². The molecule has 2 aromatic carbocycles. The molecule has 2 aromatic rings. The molecule has 0 aromatic heterocycles. The number of alkyl halides is 5. The molecule has 0 amide bonds. The van der Waals surface area contributed by atoms with Gasteiger partial charge in [0.1, 0.15) is 11.5 Å². The summed E-state index contributed by atoms with van der Waals surface area (Å²) >= 11 is 3.19. The van der Waals surface area contributed by atoms with Crippen LogP contribution in [0.2, 0.25) is 0 Å². The fourth-order valence-corrected chi connectivity index (χ4v) is 7.59. The number of hydrogen-bond acceptors (Lipinski definition) is 7. The SMILES string of the molecule is COCOc1ccc(C2(C)CSc3cc(OCOC)ccc3C2CCCCCCOCCSCCCC(F)(F)C(F)(F)F)cc1. The Labute approximate surface area is 272 Å². The van der Waals surface area contributed by atoms with Crippen molar-refractivity contribution in [1.29, 1.82) is 0 Å². The molecule has 2 unspecified atom stereocenters. The van der Waals surface area contributed by atoms with Crippen molar-refractivity contribution in [3.63, 3.8) is 0 Å². The third-order valence-electron chi connectivity index (χ3n) is 7.96. The van der Waals surface area contributed by atoms with Gasteiger partial charge in [-0.25, -0.2) is 0 Å².